The van der Waals surface area contributed by atoms with Gasteiger partial charge in [0.05, 0.1) is 6.20 Å². The molecule has 0 spiro atoms. The third-order valence-corrected chi connectivity index (χ3v) is 1.19. The van der Waals surface area contributed by atoms with E-state index in [-0.39, 0.29) is 18.1 Å². The van der Waals surface area contributed by atoms with E-state index >= 15 is 0 Å². The number of nitrogens with one attached hydrogen (secondary N) is 1. The maximum Gasteiger partial charge on any atom is 0.353 e. The average molecular weight is 177 g/mol. The lowest BCUT2D eigenvalue weighted by atomic mass is 10.5. The van der Waals surface area contributed by atoms with Gasteiger partial charge in [0.15, 0.2) is 0 Å². The van der Waals surface area contributed by atoms with Crippen molar-refractivity contribution in [2.45, 2.75) is 13.3 Å². The molecular weight excluding hydrogens is 168 g/mol. The fourth-order valence-corrected chi connectivity index (χ4v) is 0.651. The predicted octanol–water partition coefficient (Wildman–Crippen LogP) is 1.09. The number of carboxylic acids is 1. The van der Waals surface area contributed by atoms with Crippen molar-refractivity contribution in [3.63, 3.8) is 0 Å². The molecule has 2 N–H and O–H groups in total. The third kappa shape index (κ3) is 2.23. The van der Waals surface area contributed by atoms with Gasteiger partial charge in [0, 0.05) is 6.42 Å². The minimum Gasteiger partial charge on any atom is -0.477 e. The number of H-pyrrole nitrogens is 1. The van der Waals surface area contributed by atoms with Crippen LogP contribution in [0.4, 0.5) is 0 Å². The first-order valence-electron chi connectivity index (χ1n) is 3.01. The summed E-state index contributed by atoms with van der Waals surface area (Å²) in [6, 6.07) is 0. The summed E-state index contributed by atoms with van der Waals surface area (Å²) in [5.74, 6) is -0.260. The van der Waals surface area contributed by atoms with E-state index in [2.05, 4.69) is 9.97 Å². The Morgan fingerprint density at radius 2 is 2.45 bits per heavy atom. The molecule has 1 aromatic rings. The maximum atomic E-state index is 10.3. The fraction of sp³-hybridized carbons (Fsp3) is 0.333. The van der Waals surface area contributed by atoms with E-state index < -0.39 is 5.97 Å². The number of hydrogen-bond acceptors (Lipinski definition) is 2. The standard InChI is InChI=1S/C6H8N2O2.ClH/c1-2-5-7-3-4(8-5)6(9)10;/h3H,2H2,1H3,(H,7,8)(H,9,10);1H. The van der Waals surface area contributed by atoms with Crippen LogP contribution in [0.5, 0.6) is 0 Å². The van der Waals surface area contributed by atoms with Crippen LogP contribution in [0.15, 0.2) is 6.20 Å². The molecule has 0 fully saturated rings. The van der Waals surface area contributed by atoms with Crippen molar-refractivity contribution < 1.29 is 9.90 Å². The summed E-state index contributed by atoms with van der Waals surface area (Å²) in [6.07, 6.45) is 2.05. The minimum absolute atomic E-state index is 0. The number of halogens is 1. The molecule has 0 aliphatic heterocycles. The van der Waals surface area contributed by atoms with Gasteiger partial charge in [-0.3, -0.25) is 0 Å². The molecule has 0 saturated heterocycles. The molecule has 1 heterocycles. The van der Waals surface area contributed by atoms with E-state index in [9.17, 15) is 4.79 Å². The molecule has 11 heavy (non-hydrogen) atoms. The molecular formula is C6H9ClN2O2. The third-order valence-electron chi connectivity index (χ3n) is 1.19. The van der Waals surface area contributed by atoms with E-state index in [0.29, 0.717) is 5.82 Å². The number of hydrogen-bond donors (Lipinski definition) is 2. The van der Waals surface area contributed by atoms with E-state index in [1.54, 1.807) is 0 Å². The lowest BCUT2D eigenvalue weighted by Crippen LogP contribution is -1.95. The van der Waals surface area contributed by atoms with Gasteiger partial charge in [-0.2, -0.15) is 0 Å². The zero-order valence-corrected chi connectivity index (χ0v) is 6.81. The number of nitrogens with zero attached hydrogens (tertiary/aromatic N) is 1. The molecule has 0 saturated carbocycles. The van der Waals surface area contributed by atoms with Crippen molar-refractivity contribution in [2.24, 2.45) is 0 Å². The van der Waals surface area contributed by atoms with Gasteiger partial charge in [-0.15, -0.1) is 12.4 Å². The van der Waals surface area contributed by atoms with Crippen molar-refractivity contribution in [1.29, 1.82) is 0 Å². The van der Waals surface area contributed by atoms with E-state index in [0.717, 1.165) is 6.42 Å². The largest absolute Gasteiger partial charge is 0.477 e. The first-order valence-corrected chi connectivity index (χ1v) is 3.01. The fourth-order valence-electron chi connectivity index (χ4n) is 0.651. The highest BCUT2D eigenvalue weighted by Gasteiger charge is 2.04. The molecule has 4 nitrogen and oxygen atoms in total. The molecule has 0 aromatic carbocycles. The molecule has 0 aliphatic carbocycles. The van der Waals surface area contributed by atoms with Crippen molar-refractivity contribution in [1.82, 2.24) is 9.97 Å². The Morgan fingerprint density at radius 3 is 2.73 bits per heavy atom. The zero-order chi connectivity index (χ0) is 7.56. The number of carboxylic acid groups (broad SMARTS) is 1. The molecule has 0 radical (unpaired) electrons. The molecule has 0 aliphatic rings. The highest BCUT2D eigenvalue weighted by atomic mass is 35.5. The van der Waals surface area contributed by atoms with Crippen LogP contribution in [0, 0.1) is 0 Å². The Morgan fingerprint density at radius 1 is 1.82 bits per heavy atom. The van der Waals surface area contributed by atoms with Crippen LogP contribution < -0.4 is 0 Å². The van der Waals surface area contributed by atoms with Crippen LogP contribution in [0.3, 0.4) is 0 Å². The lowest BCUT2D eigenvalue weighted by Gasteiger charge is -1.84. The van der Waals surface area contributed by atoms with Gasteiger partial charge in [-0.25, -0.2) is 9.78 Å². The molecule has 1 rings (SSSR count). The van der Waals surface area contributed by atoms with Crippen LogP contribution in [0.2, 0.25) is 0 Å². The summed E-state index contributed by atoms with van der Waals surface area (Å²) in [5.41, 5.74) is 0.150. The van der Waals surface area contributed by atoms with Crippen LogP contribution >= 0.6 is 12.4 Å². The van der Waals surface area contributed by atoms with Gasteiger partial charge in [-0.05, 0) is 0 Å². The lowest BCUT2D eigenvalue weighted by molar-refractivity contribution is 0.0691. The number of imidazole rings is 1. The second-order valence-electron chi connectivity index (χ2n) is 1.90. The van der Waals surface area contributed by atoms with Gasteiger partial charge >= 0.3 is 5.97 Å². The second-order valence-corrected chi connectivity index (χ2v) is 1.90. The minimum atomic E-state index is -0.966. The van der Waals surface area contributed by atoms with Gasteiger partial charge in [-0.1, -0.05) is 6.92 Å². The molecule has 5 heteroatoms. The summed E-state index contributed by atoms with van der Waals surface area (Å²) >= 11 is 0. The number of aromatic amines is 1. The topological polar surface area (TPSA) is 66.0 Å². The molecule has 0 unspecified atom stereocenters. The van der Waals surface area contributed by atoms with Crippen LogP contribution in [-0.2, 0) is 6.42 Å². The van der Waals surface area contributed by atoms with E-state index in [1.807, 2.05) is 6.92 Å². The van der Waals surface area contributed by atoms with Crippen molar-refractivity contribution >= 4 is 18.4 Å². The monoisotopic (exact) mass is 176 g/mol. The molecule has 1 aromatic heterocycles. The number of aromatic carboxylic acids is 1. The van der Waals surface area contributed by atoms with E-state index in [1.165, 1.54) is 6.20 Å². The van der Waals surface area contributed by atoms with Crippen LogP contribution in [0.1, 0.15) is 23.2 Å². The summed E-state index contributed by atoms with van der Waals surface area (Å²) in [5, 5.41) is 8.42. The summed E-state index contributed by atoms with van der Waals surface area (Å²) in [6.45, 7) is 1.91. The number of aryl methyl sites for hydroxylation is 1. The summed E-state index contributed by atoms with van der Waals surface area (Å²) in [7, 11) is 0. The van der Waals surface area contributed by atoms with Gasteiger partial charge in [0.2, 0.25) is 0 Å². The zero-order valence-electron chi connectivity index (χ0n) is 6.00. The number of rotatable bonds is 2. The Balaban J connectivity index is 0.000001000. The Bertz CT molecular complexity index is 246. The average Bonchev–Trinajstić information content (AvgIpc) is 2.34. The van der Waals surface area contributed by atoms with Gasteiger partial charge < -0.3 is 10.1 Å². The first-order chi connectivity index (χ1) is 4.74. The number of carbonyl (C=O) groups is 1. The van der Waals surface area contributed by atoms with Crippen molar-refractivity contribution in [3.05, 3.63) is 17.7 Å². The molecule has 0 amide bonds. The Kier molecular flexibility index (Phi) is 3.60. The normalized spacial score (nSPS) is 8.82. The Hall–Kier alpha value is -1.03. The Labute approximate surface area is 70.1 Å². The first kappa shape index (κ1) is 9.97. The van der Waals surface area contributed by atoms with Crippen molar-refractivity contribution in [2.75, 3.05) is 0 Å². The van der Waals surface area contributed by atoms with Crippen LogP contribution in [-0.4, -0.2) is 21.0 Å². The molecule has 0 atom stereocenters. The number of aromatic nitrogens is 2. The maximum absolute atomic E-state index is 10.3. The highest BCUT2D eigenvalue weighted by Crippen LogP contribution is 1.96. The summed E-state index contributed by atoms with van der Waals surface area (Å²) in [4.78, 5) is 16.7. The second kappa shape index (κ2) is 3.98. The predicted molar refractivity (Wildman–Crippen MR) is 42.2 cm³/mol. The van der Waals surface area contributed by atoms with E-state index in [4.69, 9.17) is 5.11 Å². The smallest absolute Gasteiger partial charge is 0.353 e. The summed E-state index contributed by atoms with van der Waals surface area (Å²) < 4.78 is 0. The van der Waals surface area contributed by atoms with Gasteiger partial charge in [0.1, 0.15) is 11.5 Å². The molecule has 62 valence electrons. The quantitative estimate of drug-likeness (QED) is 0.709. The van der Waals surface area contributed by atoms with Gasteiger partial charge in [0.25, 0.3) is 0 Å². The highest BCUT2D eigenvalue weighted by molar-refractivity contribution is 5.85. The van der Waals surface area contributed by atoms with Crippen molar-refractivity contribution in [3.8, 4) is 0 Å². The SMILES string of the molecule is CCc1ncc(C(=O)O)[nH]1.Cl. The van der Waals surface area contributed by atoms with Crippen LogP contribution in [0.25, 0.3) is 0 Å². The molecule has 0 bridgehead atoms.